The number of benzene rings is 3. The van der Waals surface area contributed by atoms with E-state index in [1.165, 1.54) is 18.2 Å². The zero-order valence-electron chi connectivity index (χ0n) is 17.2. The average Bonchev–Trinajstić information content (AvgIpc) is 2.77. The highest BCUT2D eigenvalue weighted by molar-refractivity contribution is 7.92. The lowest BCUT2D eigenvalue weighted by Gasteiger charge is -2.26. The second-order valence-corrected chi connectivity index (χ2v) is 9.41. The number of fused-ring (bicyclic) bond motifs is 1. The maximum atomic E-state index is 12.8. The molecule has 1 aliphatic rings. The molecule has 1 heterocycles. The molecule has 9 heteroatoms. The van der Waals surface area contributed by atoms with Crippen LogP contribution in [0.1, 0.15) is 15.9 Å². The molecule has 166 valence electrons. The number of aryl methyl sites for hydroxylation is 1. The van der Waals surface area contributed by atoms with Gasteiger partial charge in [-0.25, -0.2) is 8.42 Å². The monoisotopic (exact) mass is 472 g/mol. The molecule has 2 N–H and O–H groups in total. The largest absolute Gasteiger partial charge is 0.486 e. The van der Waals surface area contributed by atoms with Crippen molar-refractivity contribution in [3.63, 3.8) is 0 Å². The van der Waals surface area contributed by atoms with Crippen molar-refractivity contribution in [1.29, 1.82) is 0 Å². The number of hydrogen-bond donors (Lipinski definition) is 2. The zero-order chi connectivity index (χ0) is 22.7. The second kappa shape index (κ2) is 9.10. The van der Waals surface area contributed by atoms with Gasteiger partial charge in [0.15, 0.2) is 11.5 Å². The molecule has 4 rings (SSSR count). The molecular formula is C23H21ClN2O5S. The molecule has 32 heavy (non-hydrogen) atoms. The molecule has 1 atom stereocenters. The van der Waals surface area contributed by atoms with Crippen molar-refractivity contribution in [2.75, 3.05) is 17.9 Å². The first-order valence-corrected chi connectivity index (χ1v) is 11.7. The summed E-state index contributed by atoms with van der Waals surface area (Å²) in [6, 6.07) is 18.3. The highest BCUT2D eigenvalue weighted by Crippen LogP contribution is 2.30. The Hall–Kier alpha value is -3.23. The summed E-state index contributed by atoms with van der Waals surface area (Å²) in [5, 5.41) is 2.87. The van der Waals surface area contributed by atoms with Gasteiger partial charge < -0.3 is 14.8 Å². The molecule has 1 amide bonds. The fraction of sp³-hybridized carbons (Fsp3) is 0.174. The summed E-state index contributed by atoms with van der Waals surface area (Å²) < 4.78 is 39.6. The second-order valence-electron chi connectivity index (χ2n) is 7.32. The van der Waals surface area contributed by atoms with Gasteiger partial charge in [0, 0.05) is 5.69 Å². The predicted octanol–water partition coefficient (Wildman–Crippen LogP) is 4.02. The van der Waals surface area contributed by atoms with Gasteiger partial charge in [0.05, 0.1) is 22.0 Å². The zero-order valence-corrected chi connectivity index (χ0v) is 18.7. The van der Waals surface area contributed by atoms with E-state index in [1.807, 2.05) is 25.1 Å². The third-order valence-corrected chi connectivity index (χ3v) is 6.53. The Bertz CT molecular complexity index is 1260. The van der Waals surface area contributed by atoms with Gasteiger partial charge in [-0.05, 0) is 55.0 Å². The van der Waals surface area contributed by atoms with Crippen LogP contribution in [0, 0.1) is 6.92 Å². The highest BCUT2D eigenvalue weighted by atomic mass is 35.5. The standard InChI is InChI=1S/C23H21ClN2O5S/c1-15-5-4-6-16(11-15)26-32(28,29)18-9-10-20(24)19(12-18)23(27)25-13-17-14-30-21-7-2-3-8-22(21)31-17/h2-12,17,26H,13-14H2,1H3,(H,25,27). The van der Waals surface area contributed by atoms with E-state index >= 15 is 0 Å². The van der Waals surface area contributed by atoms with E-state index in [9.17, 15) is 13.2 Å². The Morgan fingerprint density at radius 3 is 2.62 bits per heavy atom. The SMILES string of the molecule is Cc1cccc(NS(=O)(=O)c2ccc(Cl)c(C(=O)NCC3COc4ccccc4O3)c2)c1. The number of para-hydroxylation sites is 2. The summed E-state index contributed by atoms with van der Waals surface area (Å²) in [5.41, 5.74) is 1.40. The van der Waals surface area contributed by atoms with Crippen molar-refractivity contribution >= 4 is 33.2 Å². The minimum atomic E-state index is -3.91. The van der Waals surface area contributed by atoms with E-state index in [0.29, 0.717) is 17.2 Å². The minimum absolute atomic E-state index is 0.0518. The molecule has 1 aliphatic heterocycles. The number of carbonyl (C=O) groups is 1. The molecule has 3 aromatic carbocycles. The van der Waals surface area contributed by atoms with E-state index in [-0.39, 0.29) is 34.7 Å². The van der Waals surface area contributed by atoms with E-state index < -0.39 is 15.9 Å². The Morgan fingerprint density at radius 1 is 1.06 bits per heavy atom. The fourth-order valence-corrected chi connectivity index (χ4v) is 4.51. The Morgan fingerprint density at radius 2 is 1.84 bits per heavy atom. The van der Waals surface area contributed by atoms with Gasteiger partial charge in [0.1, 0.15) is 12.7 Å². The molecule has 0 fully saturated rings. The van der Waals surface area contributed by atoms with Crippen molar-refractivity contribution in [2.45, 2.75) is 17.9 Å². The van der Waals surface area contributed by atoms with Crippen LogP contribution in [0.5, 0.6) is 11.5 Å². The van der Waals surface area contributed by atoms with Crippen molar-refractivity contribution in [2.24, 2.45) is 0 Å². The lowest BCUT2D eigenvalue weighted by atomic mass is 10.2. The van der Waals surface area contributed by atoms with Gasteiger partial charge in [-0.15, -0.1) is 0 Å². The van der Waals surface area contributed by atoms with E-state index in [2.05, 4.69) is 10.0 Å². The van der Waals surface area contributed by atoms with Gasteiger partial charge in [-0.2, -0.15) is 0 Å². The number of halogens is 1. The maximum Gasteiger partial charge on any atom is 0.261 e. The van der Waals surface area contributed by atoms with Crippen molar-refractivity contribution < 1.29 is 22.7 Å². The number of carbonyl (C=O) groups excluding carboxylic acids is 1. The van der Waals surface area contributed by atoms with E-state index in [0.717, 1.165) is 5.56 Å². The molecule has 0 aliphatic carbocycles. The quantitative estimate of drug-likeness (QED) is 0.565. The summed E-state index contributed by atoms with van der Waals surface area (Å²) >= 11 is 6.18. The van der Waals surface area contributed by atoms with Gasteiger partial charge in [-0.3, -0.25) is 9.52 Å². The molecule has 0 radical (unpaired) electrons. The van der Waals surface area contributed by atoms with Crippen LogP contribution in [0.2, 0.25) is 5.02 Å². The molecule has 3 aromatic rings. The molecule has 0 aromatic heterocycles. The van der Waals surface area contributed by atoms with Crippen molar-refractivity contribution in [1.82, 2.24) is 5.32 Å². The number of sulfonamides is 1. The summed E-state index contributed by atoms with van der Waals surface area (Å²) in [4.78, 5) is 12.7. The highest BCUT2D eigenvalue weighted by Gasteiger charge is 2.23. The molecule has 0 spiro atoms. The van der Waals surface area contributed by atoms with Crippen LogP contribution >= 0.6 is 11.6 Å². The summed E-state index contributed by atoms with van der Waals surface area (Å²) in [6.07, 6.45) is -0.387. The van der Waals surface area contributed by atoms with Crippen LogP contribution in [-0.2, 0) is 10.0 Å². The molecule has 0 bridgehead atoms. The number of nitrogens with one attached hydrogen (secondary N) is 2. The summed E-state index contributed by atoms with van der Waals surface area (Å²) in [5.74, 6) is 0.744. The minimum Gasteiger partial charge on any atom is -0.486 e. The van der Waals surface area contributed by atoms with Crippen LogP contribution in [0.15, 0.2) is 71.6 Å². The maximum absolute atomic E-state index is 12.8. The number of hydrogen-bond acceptors (Lipinski definition) is 5. The van der Waals surface area contributed by atoms with Crippen LogP contribution in [0.4, 0.5) is 5.69 Å². The van der Waals surface area contributed by atoms with Gasteiger partial charge in [0.2, 0.25) is 0 Å². The lowest BCUT2D eigenvalue weighted by molar-refractivity contribution is 0.0789. The first-order chi connectivity index (χ1) is 15.3. The van der Waals surface area contributed by atoms with Crippen molar-refractivity contribution in [3.8, 4) is 11.5 Å². The first kappa shape index (κ1) is 22.0. The van der Waals surface area contributed by atoms with Gasteiger partial charge >= 0.3 is 0 Å². The first-order valence-electron chi connectivity index (χ1n) is 9.87. The number of ether oxygens (including phenoxy) is 2. The average molecular weight is 473 g/mol. The third-order valence-electron chi connectivity index (χ3n) is 4.82. The van der Waals surface area contributed by atoms with Crippen molar-refractivity contribution in [3.05, 3.63) is 82.9 Å². The van der Waals surface area contributed by atoms with Crippen LogP contribution < -0.4 is 19.5 Å². The van der Waals surface area contributed by atoms with Crippen LogP contribution in [-0.4, -0.2) is 33.6 Å². The summed E-state index contributed by atoms with van der Waals surface area (Å²) in [6.45, 7) is 2.31. The molecular weight excluding hydrogens is 452 g/mol. The smallest absolute Gasteiger partial charge is 0.261 e. The Kier molecular flexibility index (Phi) is 6.25. The Labute approximate surface area is 191 Å². The van der Waals surface area contributed by atoms with Gasteiger partial charge in [-0.1, -0.05) is 35.9 Å². The lowest BCUT2D eigenvalue weighted by Crippen LogP contribution is -2.40. The number of rotatable bonds is 6. The molecule has 0 saturated heterocycles. The number of anilines is 1. The number of amides is 1. The fourth-order valence-electron chi connectivity index (χ4n) is 3.23. The van der Waals surface area contributed by atoms with Crippen LogP contribution in [0.3, 0.4) is 0 Å². The third kappa shape index (κ3) is 4.98. The molecule has 7 nitrogen and oxygen atoms in total. The van der Waals surface area contributed by atoms with Gasteiger partial charge in [0.25, 0.3) is 15.9 Å². The topological polar surface area (TPSA) is 93.7 Å². The van der Waals surface area contributed by atoms with Crippen LogP contribution in [0.25, 0.3) is 0 Å². The Balaban J connectivity index is 1.46. The predicted molar refractivity (Wildman–Crippen MR) is 122 cm³/mol. The summed E-state index contributed by atoms with van der Waals surface area (Å²) in [7, 11) is -3.91. The molecule has 0 saturated carbocycles. The molecule has 1 unspecified atom stereocenters. The van der Waals surface area contributed by atoms with E-state index in [4.69, 9.17) is 21.1 Å². The van der Waals surface area contributed by atoms with E-state index in [1.54, 1.807) is 30.3 Å². The normalized spacial score (nSPS) is 15.1.